The smallest absolute Gasteiger partial charge is 0.251 e. The largest absolute Gasteiger partial charge is 0.497 e. The van der Waals surface area contributed by atoms with Crippen LogP contribution in [0.5, 0.6) is 5.75 Å². The molecule has 0 spiro atoms. The van der Waals surface area contributed by atoms with E-state index in [1.807, 2.05) is 31.2 Å². The van der Waals surface area contributed by atoms with E-state index in [4.69, 9.17) is 9.47 Å². The Kier molecular flexibility index (Phi) is 6.69. The topological polar surface area (TPSA) is 174 Å². The Bertz CT molecular complexity index is 1420. The summed E-state index contributed by atoms with van der Waals surface area (Å²) in [5.74, 6) is 0.855. The summed E-state index contributed by atoms with van der Waals surface area (Å²) in [6.45, 7) is 2.66. The zero-order valence-electron chi connectivity index (χ0n) is 20.4. The molecule has 0 aliphatic carbocycles. The number of hydrogen-bond acceptors (Lipinski definition) is 11. The van der Waals surface area contributed by atoms with Gasteiger partial charge < -0.3 is 30.3 Å². The summed E-state index contributed by atoms with van der Waals surface area (Å²) in [6, 6.07) is 7.35. The molecule has 1 fully saturated rings. The molecule has 14 heteroatoms. The highest BCUT2D eigenvalue weighted by Crippen LogP contribution is 2.33. The van der Waals surface area contributed by atoms with Crippen LogP contribution in [0.15, 0.2) is 36.8 Å². The minimum absolute atomic E-state index is 0.262. The van der Waals surface area contributed by atoms with Gasteiger partial charge in [-0.05, 0) is 18.6 Å². The van der Waals surface area contributed by atoms with Crippen LogP contribution in [-0.2, 0) is 9.53 Å². The van der Waals surface area contributed by atoms with Gasteiger partial charge in [0.15, 0.2) is 40.8 Å². The highest BCUT2D eigenvalue weighted by Gasteiger charge is 2.47. The van der Waals surface area contributed by atoms with Crippen molar-refractivity contribution < 1.29 is 24.5 Å². The van der Waals surface area contributed by atoms with Crippen LogP contribution in [0.2, 0.25) is 0 Å². The maximum absolute atomic E-state index is 12.1. The molecule has 4 heterocycles. The highest BCUT2D eigenvalue weighted by molar-refractivity contribution is 5.85. The molecule has 1 aromatic carbocycles. The number of hydrogen-bond donors (Lipinski definition) is 4. The van der Waals surface area contributed by atoms with Crippen LogP contribution in [0.4, 0.5) is 5.82 Å². The number of methoxy groups -OCH3 is 1. The van der Waals surface area contributed by atoms with Crippen LogP contribution >= 0.6 is 0 Å². The number of aromatic nitrogens is 7. The van der Waals surface area contributed by atoms with Crippen molar-refractivity contribution >= 4 is 22.9 Å². The molecule has 5 rings (SSSR count). The molecule has 1 aliphatic rings. The number of rotatable bonds is 8. The number of aliphatic hydroxyl groups is 2. The Morgan fingerprint density at radius 3 is 2.84 bits per heavy atom. The van der Waals surface area contributed by atoms with Crippen molar-refractivity contribution in [3.8, 4) is 23.0 Å². The minimum atomic E-state index is -1.43. The van der Waals surface area contributed by atoms with Gasteiger partial charge in [0.05, 0.1) is 25.3 Å². The maximum Gasteiger partial charge on any atom is 0.251 e. The van der Waals surface area contributed by atoms with Crippen molar-refractivity contribution in [1.29, 1.82) is 0 Å². The second-order valence-corrected chi connectivity index (χ2v) is 8.44. The molecule has 1 amide bonds. The third kappa shape index (κ3) is 4.45. The zero-order valence-corrected chi connectivity index (χ0v) is 20.4. The molecule has 0 bridgehead atoms. The standard InChI is InChI=1S/C23H27N9O5/c1-4-8-25-20-15-21(31(11-26-15)23-17(34)16(33)18(37-23)22(35)24-2)28-19(27-20)14-10-32(30-29-14)12-6-5-7-13(9-12)36-3/h5-7,9-11,16-18,23,33-34H,4,8H2,1-3H3,(H,24,35)(H,25,27,28)/t16-,17+,18-,23+/m0/s1. The molecule has 0 saturated carbocycles. The number of anilines is 1. The van der Waals surface area contributed by atoms with Crippen LogP contribution in [0.3, 0.4) is 0 Å². The molecule has 0 unspecified atom stereocenters. The number of carbonyl (C=O) groups is 1. The predicted molar refractivity (Wildman–Crippen MR) is 131 cm³/mol. The lowest BCUT2D eigenvalue weighted by molar-refractivity contribution is -0.137. The molecule has 194 valence electrons. The molecule has 1 aliphatic heterocycles. The lowest BCUT2D eigenvalue weighted by Crippen LogP contribution is -2.41. The first kappa shape index (κ1) is 24.5. The molecule has 14 nitrogen and oxygen atoms in total. The molecule has 4 N–H and O–H groups in total. The average Bonchev–Trinajstić information content (AvgIpc) is 3.65. The van der Waals surface area contributed by atoms with Crippen molar-refractivity contribution in [2.75, 3.05) is 26.0 Å². The molecule has 4 aromatic rings. The number of imidazole rings is 1. The second-order valence-electron chi connectivity index (χ2n) is 8.44. The van der Waals surface area contributed by atoms with Gasteiger partial charge in [-0.1, -0.05) is 18.2 Å². The summed E-state index contributed by atoms with van der Waals surface area (Å²) in [6.07, 6.45) is -1.20. The average molecular weight is 510 g/mol. The monoisotopic (exact) mass is 509 g/mol. The number of amides is 1. The lowest BCUT2D eigenvalue weighted by Gasteiger charge is -2.16. The number of nitrogens with one attached hydrogen (secondary N) is 2. The Balaban J connectivity index is 1.56. The van der Waals surface area contributed by atoms with Crippen molar-refractivity contribution in [2.45, 2.75) is 37.9 Å². The fourth-order valence-electron chi connectivity index (χ4n) is 4.08. The van der Waals surface area contributed by atoms with E-state index in [1.165, 1.54) is 17.9 Å². The predicted octanol–water partition coefficient (Wildman–Crippen LogP) is 0.270. The third-order valence-electron chi connectivity index (χ3n) is 6.02. The summed E-state index contributed by atoms with van der Waals surface area (Å²) >= 11 is 0. The van der Waals surface area contributed by atoms with E-state index < -0.39 is 30.4 Å². The Morgan fingerprint density at radius 1 is 1.24 bits per heavy atom. The fourth-order valence-corrected chi connectivity index (χ4v) is 4.08. The quantitative estimate of drug-likeness (QED) is 0.257. The van der Waals surface area contributed by atoms with Crippen LogP contribution in [-0.4, -0.2) is 89.6 Å². The maximum atomic E-state index is 12.1. The van der Waals surface area contributed by atoms with E-state index >= 15 is 0 Å². The number of carbonyl (C=O) groups excluding carboxylic acids is 1. The zero-order chi connectivity index (χ0) is 26.1. The van der Waals surface area contributed by atoms with Gasteiger partial charge in [0.2, 0.25) is 0 Å². The van der Waals surface area contributed by atoms with Gasteiger partial charge in [-0.25, -0.2) is 19.6 Å². The SMILES string of the molecule is CCCNc1nc(-c2cn(-c3cccc(OC)c3)nn2)nc2c1ncn2[C@@H]1O[C@H](C(=O)NC)[C@@H](O)[C@H]1O. The molecule has 37 heavy (non-hydrogen) atoms. The Morgan fingerprint density at radius 2 is 2.08 bits per heavy atom. The molecule has 1 saturated heterocycles. The first-order chi connectivity index (χ1) is 17.9. The van der Waals surface area contributed by atoms with Gasteiger partial charge in [0, 0.05) is 19.7 Å². The van der Waals surface area contributed by atoms with Gasteiger partial charge in [-0.15, -0.1) is 5.10 Å². The molecular formula is C23H27N9O5. The molecular weight excluding hydrogens is 482 g/mol. The van der Waals surface area contributed by atoms with Crippen molar-refractivity contribution in [3.05, 3.63) is 36.8 Å². The first-order valence-corrected chi connectivity index (χ1v) is 11.7. The molecule has 3 aromatic heterocycles. The summed E-state index contributed by atoms with van der Waals surface area (Å²) < 4.78 is 14.1. The number of nitrogens with zero attached hydrogens (tertiary/aromatic N) is 7. The van der Waals surface area contributed by atoms with E-state index in [2.05, 4.69) is 35.9 Å². The lowest BCUT2D eigenvalue weighted by atomic mass is 10.1. The first-order valence-electron chi connectivity index (χ1n) is 11.7. The third-order valence-corrected chi connectivity index (χ3v) is 6.02. The number of aliphatic hydroxyl groups excluding tert-OH is 2. The van der Waals surface area contributed by atoms with Crippen LogP contribution in [0.1, 0.15) is 19.6 Å². The van der Waals surface area contributed by atoms with Gasteiger partial charge in [-0.2, -0.15) is 0 Å². The summed E-state index contributed by atoms with van der Waals surface area (Å²) in [5, 5.41) is 35.2. The fraction of sp³-hybridized carbons (Fsp3) is 0.391. The van der Waals surface area contributed by atoms with E-state index in [0.29, 0.717) is 35.0 Å². The molecule has 4 atom stereocenters. The van der Waals surface area contributed by atoms with Crippen molar-refractivity contribution in [3.63, 3.8) is 0 Å². The van der Waals surface area contributed by atoms with Crippen LogP contribution in [0, 0.1) is 0 Å². The van der Waals surface area contributed by atoms with Crippen LogP contribution < -0.4 is 15.4 Å². The van der Waals surface area contributed by atoms with Gasteiger partial charge in [0.1, 0.15) is 18.0 Å². The van der Waals surface area contributed by atoms with Crippen molar-refractivity contribution in [2.24, 2.45) is 0 Å². The van der Waals surface area contributed by atoms with Gasteiger partial charge >= 0.3 is 0 Å². The normalized spacial score (nSPS) is 21.3. The van der Waals surface area contributed by atoms with Gasteiger partial charge in [0.25, 0.3) is 5.91 Å². The number of likely N-dealkylation sites (N-methyl/N-ethyl adjacent to an activating group) is 1. The summed E-state index contributed by atoms with van der Waals surface area (Å²) in [4.78, 5) is 25.8. The summed E-state index contributed by atoms with van der Waals surface area (Å²) in [5.41, 5.74) is 1.90. The van der Waals surface area contributed by atoms with Gasteiger partial charge in [-0.3, -0.25) is 9.36 Å². The van der Waals surface area contributed by atoms with Crippen molar-refractivity contribution in [1.82, 2.24) is 39.8 Å². The Hall–Kier alpha value is -4.14. The summed E-state index contributed by atoms with van der Waals surface area (Å²) in [7, 11) is 3.01. The minimum Gasteiger partial charge on any atom is -0.497 e. The second kappa shape index (κ2) is 10.1. The van der Waals surface area contributed by atoms with E-state index in [1.54, 1.807) is 18.0 Å². The number of fused-ring (bicyclic) bond motifs is 1. The van der Waals surface area contributed by atoms with E-state index in [9.17, 15) is 15.0 Å². The highest BCUT2D eigenvalue weighted by atomic mass is 16.6. The Labute approximate surface area is 211 Å². The van der Waals surface area contributed by atoms with Crippen LogP contribution in [0.25, 0.3) is 28.4 Å². The molecule has 0 radical (unpaired) electrons. The number of benzene rings is 1. The van der Waals surface area contributed by atoms with E-state index in [0.717, 1.165) is 12.1 Å². The van der Waals surface area contributed by atoms with E-state index in [-0.39, 0.29) is 5.82 Å². The number of ether oxygens (including phenoxy) is 2.